The minimum absolute atomic E-state index is 0.119. The van der Waals surface area contributed by atoms with Crippen LogP contribution in [-0.4, -0.2) is 13.4 Å². The Labute approximate surface area is 132 Å². The zero-order valence-electron chi connectivity index (χ0n) is 10.9. The molecule has 1 aromatic carbocycles. The van der Waals surface area contributed by atoms with Gasteiger partial charge in [0, 0.05) is 17.3 Å². The average molecular weight is 347 g/mol. The number of benzene rings is 1. The van der Waals surface area contributed by atoms with E-state index in [-0.39, 0.29) is 9.92 Å². The number of sulfonamides is 1. The lowest BCUT2D eigenvalue weighted by molar-refractivity contribution is 0.566. The van der Waals surface area contributed by atoms with E-state index in [1.54, 1.807) is 31.2 Å². The molecule has 1 heterocycles. The number of aromatic nitrogens is 1. The Morgan fingerprint density at radius 3 is 2.48 bits per heavy atom. The summed E-state index contributed by atoms with van der Waals surface area (Å²) in [4.78, 5) is 13.3. The third-order valence-corrected chi connectivity index (χ3v) is 4.99. The van der Waals surface area contributed by atoms with Gasteiger partial charge in [0.1, 0.15) is 5.02 Å². The van der Waals surface area contributed by atoms with E-state index in [9.17, 15) is 13.2 Å². The van der Waals surface area contributed by atoms with Crippen molar-refractivity contribution in [3.05, 3.63) is 62.5 Å². The molecule has 5 nitrogen and oxygen atoms in total. The van der Waals surface area contributed by atoms with Crippen LogP contribution in [-0.2, 0) is 10.0 Å². The van der Waals surface area contributed by atoms with Crippen LogP contribution < -0.4 is 10.3 Å². The van der Waals surface area contributed by atoms with Crippen LogP contribution in [0.3, 0.4) is 0 Å². The molecular formula is C13H12Cl2N2O3S. The smallest absolute Gasteiger partial charge is 0.266 e. The minimum atomic E-state index is -3.83. The molecular weight excluding hydrogens is 335 g/mol. The van der Waals surface area contributed by atoms with Crippen LogP contribution in [0.15, 0.2) is 46.2 Å². The van der Waals surface area contributed by atoms with Crippen LogP contribution in [0.5, 0.6) is 0 Å². The molecule has 2 aromatic rings. The monoisotopic (exact) mass is 346 g/mol. The number of hydrogen-bond donors (Lipinski definition) is 2. The maximum Gasteiger partial charge on any atom is 0.266 e. The fourth-order valence-electron chi connectivity index (χ4n) is 1.78. The topological polar surface area (TPSA) is 79.0 Å². The van der Waals surface area contributed by atoms with Gasteiger partial charge in [-0.3, -0.25) is 4.79 Å². The van der Waals surface area contributed by atoms with Gasteiger partial charge in [-0.2, -0.15) is 0 Å². The predicted octanol–water partition coefficient (Wildman–Crippen LogP) is 2.72. The summed E-state index contributed by atoms with van der Waals surface area (Å²) in [6, 6.07) is 7.50. The van der Waals surface area contributed by atoms with Crippen LogP contribution in [0, 0.1) is 0 Å². The summed E-state index contributed by atoms with van der Waals surface area (Å²) in [7, 11) is -3.83. The van der Waals surface area contributed by atoms with Crippen molar-refractivity contribution in [3.8, 4) is 0 Å². The van der Waals surface area contributed by atoms with Crippen molar-refractivity contribution in [2.75, 3.05) is 0 Å². The number of pyridine rings is 1. The quantitative estimate of drug-likeness (QED) is 0.893. The summed E-state index contributed by atoms with van der Waals surface area (Å²) in [5.74, 6) is 0. The molecule has 0 saturated heterocycles. The Hall–Kier alpha value is -1.34. The lowest BCUT2D eigenvalue weighted by Crippen LogP contribution is -2.27. The highest BCUT2D eigenvalue weighted by molar-refractivity contribution is 7.89. The first-order valence-electron chi connectivity index (χ1n) is 5.96. The van der Waals surface area contributed by atoms with Crippen molar-refractivity contribution >= 4 is 33.2 Å². The van der Waals surface area contributed by atoms with E-state index < -0.39 is 21.6 Å². The van der Waals surface area contributed by atoms with Gasteiger partial charge in [-0.1, -0.05) is 41.4 Å². The first-order chi connectivity index (χ1) is 9.81. The Balaban J connectivity index is 2.31. The van der Waals surface area contributed by atoms with Gasteiger partial charge in [-0.05, 0) is 24.6 Å². The second kappa shape index (κ2) is 6.19. The molecule has 8 heteroatoms. The van der Waals surface area contributed by atoms with E-state index in [4.69, 9.17) is 23.2 Å². The third-order valence-electron chi connectivity index (χ3n) is 2.85. The van der Waals surface area contributed by atoms with Crippen molar-refractivity contribution in [2.45, 2.75) is 17.9 Å². The lowest BCUT2D eigenvalue weighted by atomic mass is 10.1. The second-order valence-corrected chi connectivity index (χ2v) is 6.91. The minimum Gasteiger partial charge on any atom is -0.326 e. The van der Waals surface area contributed by atoms with Gasteiger partial charge in [0.05, 0.1) is 4.90 Å². The molecule has 0 fully saturated rings. The van der Waals surface area contributed by atoms with E-state index in [2.05, 4.69) is 9.71 Å². The SMILES string of the molecule is CC(NS(=O)(=O)c1c[nH]c(=O)c(Cl)c1)c1ccccc1Cl. The number of nitrogens with one attached hydrogen (secondary N) is 2. The van der Waals surface area contributed by atoms with Gasteiger partial charge in [-0.15, -0.1) is 0 Å². The van der Waals surface area contributed by atoms with Gasteiger partial charge in [-0.25, -0.2) is 13.1 Å². The molecule has 0 aliphatic rings. The maximum absolute atomic E-state index is 12.3. The molecule has 2 rings (SSSR count). The summed E-state index contributed by atoms with van der Waals surface area (Å²) in [6.07, 6.45) is 1.09. The highest BCUT2D eigenvalue weighted by Crippen LogP contribution is 2.24. The van der Waals surface area contributed by atoms with Crippen molar-refractivity contribution in [3.63, 3.8) is 0 Å². The van der Waals surface area contributed by atoms with E-state index in [1.807, 2.05) is 0 Å². The Morgan fingerprint density at radius 2 is 1.86 bits per heavy atom. The highest BCUT2D eigenvalue weighted by atomic mass is 35.5. The van der Waals surface area contributed by atoms with Crippen molar-refractivity contribution in [1.82, 2.24) is 9.71 Å². The summed E-state index contributed by atoms with van der Waals surface area (Å²) in [5, 5.41) is 0.274. The molecule has 21 heavy (non-hydrogen) atoms. The van der Waals surface area contributed by atoms with E-state index in [0.717, 1.165) is 12.3 Å². The van der Waals surface area contributed by atoms with Gasteiger partial charge in [0.15, 0.2) is 0 Å². The molecule has 112 valence electrons. The zero-order valence-corrected chi connectivity index (χ0v) is 13.3. The highest BCUT2D eigenvalue weighted by Gasteiger charge is 2.20. The first-order valence-corrected chi connectivity index (χ1v) is 8.20. The van der Waals surface area contributed by atoms with Gasteiger partial charge in [0.25, 0.3) is 5.56 Å². The molecule has 1 unspecified atom stereocenters. The number of rotatable bonds is 4. The van der Waals surface area contributed by atoms with Crippen LogP contribution in [0.25, 0.3) is 0 Å². The summed E-state index contributed by atoms with van der Waals surface area (Å²) in [5.41, 5.74) is 0.105. The van der Waals surface area contributed by atoms with Crippen molar-refractivity contribution in [2.24, 2.45) is 0 Å². The molecule has 0 aliphatic heterocycles. The number of halogens is 2. The Kier molecular flexibility index (Phi) is 4.73. The molecule has 0 bridgehead atoms. The number of H-pyrrole nitrogens is 1. The maximum atomic E-state index is 12.3. The Morgan fingerprint density at radius 1 is 1.19 bits per heavy atom. The summed E-state index contributed by atoms with van der Waals surface area (Å²) >= 11 is 11.7. The van der Waals surface area contributed by atoms with Crippen molar-refractivity contribution < 1.29 is 8.42 Å². The summed E-state index contributed by atoms with van der Waals surface area (Å²) < 4.78 is 27.0. The van der Waals surface area contributed by atoms with Crippen LogP contribution >= 0.6 is 23.2 Å². The van der Waals surface area contributed by atoms with Crippen LogP contribution in [0.1, 0.15) is 18.5 Å². The molecule has 0 spiro atoms. The summed E-state index contributed by atoms with van der Waals surface area (Å²) in [6.45, 7) is 1.67. The molecule has 0 aliphatic carbocycles. The fraction of sp³-hybridized carbons (Fsp3) is 0.154. The normalized spacial score (nSPS) is 13.1. The van der Waals surface area contributed by atoms with Gasteiger partial charge < -0.3 is 4.98 Å². The third kappa shape index (κ3) is 3.65. The predicted molar refractivity (Wildman–Crippen MR) is 82.3 cm³/mol. The zero-order chi connectivity index (χ0) is 15.6. The Bertz CT molecular complexity index is 818. The van der Waals surface area contributed by atoms with E-state index in [1.165, 1.54) is 0 Å². The van der Waals surface area contributed by atoms with E-state index in [0.29, 0.717) is 10.6 Å². The van der Waals surface area contributed by atoms with Crippen molar-refractivity contribution in [1.29, 1.82) is 0 Å². The standard InChI is InChI=1S/C13H12Cl2N2O3S/c1-8(10-4-2-3-5-11(10)14)17-21(19,20)9-6-12(15)13(18)16-7-9/h2-8,17H,1H3,(H,16,18). The number of aromatic amines is 1. The van der Waals surface area contributed by atoms with E-state index >= 15 is 0 Å². The molecule has 1 aromatic heterocycles. The molecule has 0 saturated carbocycles. The van der Waals surface area contributed by atoms with Crippen LogP contribution in [0.4, 0.5) is 0 Å². The largest absolute Gasteiger partial charge is 0.326 e. The van der Waals surface area contributed by atoms with Gasteiger partial charge >= 0.3 is 0 Å². The molecule has 2 N–H and O–H groups in total. The van der Waals surface area contributed by atoms with Crippen LogP contribution in [0.2, 0.25) is 10.0 Å². The molecule has 1 atom stereocenters. The molecule has 0 radical (unpaired) electrons. The lowest BCUT2D eigenvalue weighted by Gasteiger charge is -2.15. The fourth-order valence-corrected chi connectivity index (χ4v) is 3.54. The number of hydrogen-bond acceptors (Lipinski definition) is 3. The second-order valence-electron chi connectivity index (χ2n) is 4.38. The molecule has 0 amide bonds. The average Bonchev–Trinajstić information content (AvgIpc) is 2.41. The first kappa shape index (κ1) is 16.0. The van der Waals surface area contributed by atoms with Gasteiger partial charge in [0.2, 0.25) is 10.0 Å².